The highest BCUT2D eigenvalue weighted by molar-refractivity contribution is 6.34. The molecule has 172 valence electrons. The van der Waals surface area contributed by atoms with Crippen LogP contribution in [0.4, 0.5) is 5.69 Å². The molecule has 0 amide bonds. The Hall–Kier alpha value is -4.17. The van der Waals surface area contributed by atoms with Gasteiger partial charge in [0.15, 0.2) is 17.2 Å². The summed E-state index contributed by atoms with van der Waals surface area (Å²) in [6.07, 6.45) is 1.59. The van der Waals surface area contributed by atoms with Gasteiger partial charge in [0.2, 0.25) is 5.90 Å². The second-order valence-corrected chi connectivity index (χ2v) is 7.57. The van der Waals surface area contributed by atoms with Gasteiger partial charge in [0, 0.05) is 12.1 Å². The first-order valence-corrected chi connectivity index (χ1v) is 10.7. The second kappa shape index (κ2) is 10.2. The zero-order chi connectivity index (χ0) is 24.1. The SMILES string of the molecule is CCOc1cc(/C=C2\N=C(c3ccccc3Cl)OC2=O)ccc1OCc1ccc([N+](=O)[O-])cc1. The molecule has 8 nitrogen and oxygen atoms in total. The van der Waals surface area contributed by atoms with E-state index in [1.54, 1.807) is 60.7 Å². The molecule has 0 atom stereocenters. The molecule has 0 bridgehead atoms. The van der Waals surface area contributed by atoms with Gasteiger partial charge in [-0.25, -0.2) is 9.79 Å². The minimum atomic E-state index is -0.577. The summed E-state index contributed by atoms with van der Waals surface area (Å²) in [7, 11) is 0. The van der Waals surface area contributed by atoms with Crippen molar-refractivity contribution in [3.8, 4) is 11.5 Å². The third kappa shape index (κ3) is 5.24. The van der Waals surface area contributed by atoms with Gasteiger partial charge in [-0.3, -0.25) is 10.1 Å². The second-order valence-electron chi connectivity index (χ2n) is 7.17. The van der Waals surface area contributed by atoms with Crippen molar-refractivity contribution in [3.63, 3.8) is 0 Å². The average molecular weight is 479 g/mol. The van der Waals surface area contributed by atoms with Crippen LogP contribution in [0.15, 0.2) is 77.4 Å². The van der Waals surface area contributed by atoms with Crippen molar-refractivity contribution in [2.45, 2.75) is 13.5 Å². The van der Waals surface area contributed by atoms with E-state index in [-0.39, 0.29) is 23.9 Å². The number of hydrogen-bond donors (Lipinski definition) is 0. The molecule has 0 aliphatic carbocycles. The Morgan fingerprint density at radius 1 is 1.06 bits per heavy atom. The van der Waals surface area contributed by atoms with Crippen LogP contribution in [0.5, 0.6) is 11.5 Å². The summed E-state index contributed by atoms with van der Waals surface area (Å²) in [5.74, 6) is 0.554. The zero-order valence-corrected chi connectivity index (χ0v) is 18.8. The van der Waals surface area contributed by atoms with Crippen molar-refractivity contribution in [1.82, 2.24) is 0 Å². The molecular weight excluding hydrogens is 460 g/mol. The summed E-state index contributed by atoms with van der Waals surface area (Å²) in [5.41, 5.74) is 2.13. The summed E-state index contributed by atoms with van der Waals surface area (Å²) < 4.78 is 16.8. The van der Waals surface area contributed by atoms with E-state index in [0.29, 0.717) is 34.3 Å². The van der Waals surface area contributed by atoms with E-state index < -0.39 is 10.9 Å². The molecule has 3 aromatic carbocycles. The van der Waals surface area contributed by atoms with Crippen LogP contribution < -0.4 is 9.47 Å². The molecule has 0 fully saturated rings. The molecular formula is C25H19ClN2O6. The lowest BCUT2D eigenvalue weighted by atomic mass is 10.1. The predicted octanol–water partition coefficient (Wildman–Crippen LogP) is 5.57. The highest BCUT2D eigenvalue weighted by Gasteiger charge is 2.25. The molecule has 1 aliphatic rings. The van der Waals surface area contributed by atoms with Crippen LogP contribution in [0.1, 0.15) is 23.6 Å². The Kier molecular flexibility index (Phi) is 6.89. The number of ether oxygens (including phenoxy) is 3. The summed E-state index contributed by atoms with van der Waals surface area (Å²) in [5, 5.41) is 11.2. The van der Waals surface area contributed by atoms with Crippen molar-refractivity contribution in [2.75, 3.05) is 6.61 Å². The highest BCUT2D eigenvalue weighted by Crippen LogP contribution is 2.31. The lowest BCUT2D eigenvalue weighted by molar-refractivity contribution is -0.384. The number of cyclic esters (lactones) is 1. The zero-order valence-electron chi connectivity index (χ0n) is 18.1. The van der Waals surface area contributed by atoms with Gasteiger partial charge in [-0.05, 0) is 60.5 Å². The van der Waals surface area contributed by atoms with Gasteiger partial charge in [-0.1, -0.05) is 29.8 Å². The fraction of sp³-hybridized carbons (Fsp3) is 0.120. The van der Waals surface area contributed by atoms with Gasteiger partial charge in [-0.2, -0.15) is 0 Å². The standard InChI is InChI=1S/C25H19ClN2O6/c1-2-32-23-14-17(9-12-22(23)33-15-16-7-10-18(11-8-16)28(30)31)13-21-25(29)34-24(27-21)19-5-3-4-6-20(19)26/h3-14H,2,15H2,1H3/b21-13-. The van der Waals surface area contributed by atoms with E-state index in [0.717, 1.165) is 5.56 Å². The normalized spacial score (nSPS) is 14.0. The van der Waals surface area contributed by atoms with Crippen molar-refractivity contribution in [2.24, 2.45) is 4.99 Å². The highest BCUT2D eigenvalue weighted by atomic mass is 35.5. The van der Waals surface area contributed by atoms with Crippen LogP contribution in [0.25, 0.3) is 6.08 Å². The minimum absolute atomic E-state index is 0.0157. The first kappa shape index (κ1) is 23.0. The molecule has 1 heterocycles. The van der Waals surface area contributed by atoms with Crippen LogP contribution >= 0.6 is 11.6 Å². The lowest BCUT2D eigenvalue weighted by Gasteiger charge is -2.13. The van der Waals surface area contributed by atoms with Crippen LogP contribution in [0, 0.1) is 10.1 Å². The van der Waals surface area contributed by atoms with Crippen molar-refractivity contribution < 1.29 is 23.9 Å². The van der Waals surface area contributed by atoms with Crippen LogP contribution in [0.2, 0.25) is 5.02 Å². The number of hydrogen-bond acceptors (Lipinski definition) is 7. The van der Waals surface area contributed by atoms with Gasteiger partial charge < -0.3 is 14.2 Å². The molecule has 1 aliphatic heterocycles. The van der Waals surface area contributed by atoms with E-state index >= 15 is 0 Å². The van der Waals surface area contributed by atoms with Crippen molar-refractivity contribution >= 4 is 35.2 Å². The number of nitro groups is 1. The Balaban J connectivity index is 1.54. The maximum atomic E-state index is 12.3. The van der Waals surface area contributed by atoms with Crippen LogP contribution in [-0.2, 0) is 16.1 Å². The van der Waals surface area contributed by atoms with Crippen LogP contribution in [-0.4, -0.2) is 23.4 Å². The maximum absolute atomic E-state index is 12.3. The van der Waals surface area contributed by atoms with Gasteiger partial charge in [0.25, 0.3) is 5.69 Å². The maximum Gasteiger partial charge on any atom is 0.363 e. The third-order valence-corrected chi connectivity index (χ3v) is 5.17. The Labute approximate surface area is 200 Å². The van der Waals surface area contributed by atoms with Gasteiger partial charge in [0.1, 0.15) is 6.61 Å². The molecule has 34 heavy (non-hydrogen) atoms. The number of esters is 1. The van der Waals surface area contributed by atoms with Crippen molar-refractivity contribution in [1.29, 1.82) is 0 Å². The number of benzene rings is 3. The Bertz CT molecular complexity index is 1300. The fourth-order valence-corrected chi connectivity index (χ4v) is 3.41. The number of halogens is 1. The van der Waals surface area contributed by atoms with E-state index in [9.17, 15) is 14.9 Å². The van der Waals surface area contributed by atoms with Gasteiger partial charge >= 0.3 is 5.97 Å². The molecule has 0 saturated carbocycles. The van der Waals surface area contributed by atoms with E-state index in [1.807, 2.05) is 6.92 Å². The molecule has 0 radical (unpaired) electrons. The topological polar surface area (TPSA) is 100 Å². The van der Waals surface area contributed by atoms with Crippen LogP contribution in [0.3, 0.4) is 0 Å². The van der Waals surface area contributed by atoms with E-state index in [4.69, 9.17) is 25.8 Å². The molecule has 9 heteroatoms. The third-order valence-electron chi connectivity index (χ3n) is 4.84. The number of nitro benzene ring substituents is 1. The molecule has 4 rings (SSSR count). The molecule has 3 aromatic rings. The Morgan fingerprint density at radius 2 is 1.82 bits per heavy atom. The molecule has 0 spiro atoms. The van der Waals surface area contributed by atoms with Crippen molar-refractivity contribution in [3.05, 3.63) is 104 Å². The Morgan fingerprint density at radius 3 is 2.53 bits per heavy atom. The number of carbonyl (C=O) groups is 1. The number of nitrogens with zero attached hydrogens (tertiary/aromatic N) is 2. The number of non-ortho nitro benzene ring substituents is 1. The van der Waals surface area contributed by atoms with E-state index in [1.165, 1.54) is 12.1 Å². The molecule has 0 unspecified atom stereocenters. The molecule has 0 aromatic heterocycles. The summed E-state index contributed by atoms with van der Waals surface area (Å²) >= 11 is 6.18. The first-order chi connectivity index (χ1) is 16.4. The summed E-state index contributed by atoms with van der Waals surface area (Å²) in [6.45, 7) is 2.46. The number of rotatable bonds is 8. The number of aliphatic imine (C=N–C) groups is 1. The quantitative estimate of drug-likeness (QED) is 0.181. The smallest absolute Gasteiger partial charge is 0.363 e. The number of carbonyl (C=O) groups excluding carboxylic acids is 1. The molecule has 0 N–H and O–H groups in total. The average Bonchev–Trinajstić information content (AvgIpc) is 3.19. The van der Waals surface area contributed by atoms with Gasteiger partial charge in [0.05, 0.1) is 22.1 Å². The monoisotopic (exact) mass is 478 g/mol. The lowest BCUT2D eigenvalue weighted by Crippen LogP contribution is -2.05. The van der Waals surface area contributed by atoms with E-state index in [2.05, 4.69) is 4.99 Å². The first-order valence-electron chi connectivity index (χ1n) is 10.3. The predicted molar refractivity (Wildman–Crippen MR) is 127 cm³/mol. The summed E-state index contributed by atoms with van der Waals surface area (Å²) in [4.78, 5) is 27.0. The molecule has 0 saturated heterocycles. The fourth-order valence-electron chi connectivity index (χ4n) is 3.19. The van der Waals surface area contributed by atoms with Gasteiger partial charge in [-0.15, -0.1) is 0 Å². The summed E-state index contributed by atoms with van der Waals surface area (Å²) in [6, 6.07) is 18.3. The largest absolute Gasteiger partial charge is 0.490 e. The minimum Gasteiger partial charge on any atom is -0.490 e.